The maximum atomic E-state index is 12.1. The van der Waals surface area contributed by atoms with E-state index in [1.165, 1.54) is 0 Å². The standard InChI is InChI=1S/C20H21BrN4O2/c21-14-4-5-18-16(11-14)17(12-23-18)19(20(26)27)25-9-7-24(8-10-25)13-15-3-1-2-6-22-15/h1-6,11-12,19,23H,7-10,13H2,(H,26,27)/t19-/m0/s1. The fourth-order valence-electron chi connectivity index (χ4n) is 3.73. The second kappa shape index (κ2) is 7.80. The van der Waals surface area contributed by atoms with Gasteiger partial charge in [-0.05, 0) is 30.3 Å². The fraction of sp³-hybridized carbons (Fsp3) is 0.300. The van der Waals surface area contributed by atoms with Crippen LogP contribution in [0.5, 0.6) is 0 Å². The number of H-pyrrole nitrogens is 1. The second-order valence-electron chi connectivity index (χ2n) is 6.81. The van der Waals surface area contributed by atoms with Crippen molar-refractivity contribution in [2.45, 2.75) is 12.6 Å². The molecule has 0 aliphatic carbocycles. The number of nitrogens with zero attached hydrogens (tertiary/aromatic N) is 3. The molecule has 1 aliphatic heterocycles. The fourth-order valence-corrected chi connectivity index (χ4v) is 4.09. The Morgan fingerprint density at radius 1 is 1.22 bits per heavy atom. The third kappa shape index (κ3) is 3.90. The van der Waals surface area contributed by atoms with E-state index in [-0.39, 0.29) is 0 Å². The van der Waals surface area contributed by atoms with E-state index in [4.69, 9.17) is 0 Å². The van der Waals surface area contributed by atoms with Gasteiger partial charge < -0.3 is 10.1 Å². The highest BCUT2D eigenvalue weighted by Crippen LogP contribution is 2.31. The third-order valence-electron chi connectivity index (χ3n) is 5.09. The molecule has 6 nitrogen and oxygen atoms in total. The molecule has 0 amide bonds. The number of rotatable bonds is 5. The lowest BCUT2D eigenvalue weighted by Crippen LogP contribution is -2.48. The molecule has 3 heterocycles. The minimum atomic E-state index is -0.811. The number of pyridine rings is 1. The molecule has 3 aromatic rings. The van der Waals surface area contributed by atoms with Crippen LogP contribution in [0.15, 0.2) is 53.3 Å². The van der Waals surface area contributed by atoms with Crippen molar-refractivity contribution in [3.63, 3.8) is 0 Å². The van der Waals surface area contributed by atoms with Gasteiger partial charge in [0.2, 0.25) is 0 Å². The van der Waals surface area contributed by atoms with Crippen LogP contribution < -0.4 is 0 Å². The van der Waals surface area contributed by atoms with Gasteiger partial charge in [0.15, 0.2) is 0 Å². The predicted molar refractivity (Wildman–Crippen MR) is 107 cm³/mol. The van der Waals surface area contributed by atoms with Crippen LogP contribution in [0, 0.1) is 0 Å². The largest absolute Gasteiger partial charge is 0.480 e. The van der Waals surface area contributed by atoms with Gasteiger partial charge >= 0.3 is 5.97 Å². The molecule has 1 aliphatic rings. The number of aromatic nitrogens is 2. The van der Waals surface area contributed by atoms with Gasteiger partial charge in [-0.25, -0.2) is 0 Å². The van der Waals surface area contributed by atoms with E-state index < -0.39 is 12.0 Å². The van der Waals surface area contributed by atoms with Crippen molar-refractivity contribution >= 4 is 32.8 Å². The minimum Gasteiger partial charge on any atom is -0.480 e. The van der Waals surface area contributed by atoms with Crippen molar-refractivity contribution in [3.05, 3.63) is 64.5 Å². The molecule has 27 heavy (non-hydrogen) atoms. The summed E-state index contributed by atoms with van der Waals surface area (Å²) in [5.41, 5.74) is 2.81. The maximum Gasteiger partial charge on any atom is 0.325 e. The van der Waals surface area contributed by atoms with Gasteiger partial charge in [-0.2, -0.15) is 0 Å². The SMILES string of the molecule is O=C(O)[C@H](c1c[nH]c2ccc(Br)cc12)N1CCN(Cc2ccccn2)CC1. The highest BCUT2D eigenvalue weighted by Gasteiger charge is 2.32. The second-order valence-corrected chi connectivity index (χ2v) is 7.72. The summed E-state index contributed by atoms with van der Waals surface area (Å²) in [7, 11) is 0. The van der Waals surface area contributed by atoms with E-state index in [9.17, 15) is 9.90 Å². The first kappa shape index (κ1) is 18.2. The summed E-state index contributed by atoms with van der Waals surface area (Å²) in [4.78, 5) is 24.1. The summed E-state index contributed by atoms with van der Waals surface area (Å²) in [5, 5.41) is 10.9. The van der Waals surface area contributed by atoms with Crippen LogP contribution in [-0.4, -0.2) is 57.0 Å². The monoisotopic (exact) mass is 428 g/mol. The third-order valence-corrected chi connectivity index (χ3v) is 5.58. The number of fused-ring (bicyclic) bond motifs is 1. The van der Waals surface area contributed by atoms with Gasteiger partial charge in [0.1, 0.15) is 6.04 Å². The number of piperazine rings is 1. The van der Waals surface area contributed by atoms with E-state index in [1.807, 2.05) is 42.6 Å². The first-order valence-electron chi connectivity index (χ1n) is 8.97. The molecule has 0 spiro atoms. The van der Waals surface area contributed by atoms with Crippen LogP contribution in [0.4, 0.5) is 0 Å². The number of hydrogen-bond acceptors (Lipinski definition) is 4. The van der Waals surface area contributed by atoms with Crippen molar-refractivity contribution < 1.29 is 9.90 Å². The molecule has 0 radical (unpaired) electrons. The van der Waals surface area contributed by atoms with Crippen LogP contribution in [0.25, 0.3) is 10.9 Å². The summed E-state index contributed by atoms with van der Waals surface area (Å²) in [5.74, 6) is -0.811. The number of carbonyl (C=O) groups is 1. The summed E-state index contributed by atoms with van der Waals surface area (Å²) < 4.78 is 0.945. The Morgan fingerprint density at radius 2 is 2.04 bits per heavy atom. The molecule has 1 saturated heterocycles. The summed E-state index contributed by atoms with van der Waals surface area (Å²) in [6.45, 7) is 3.88. The van der Waals surface area contributed by atoms with Gasteiger partial charge in [-0.1, -0.05) is 22.0 Å². The van der Waals surface area contributed by atoms with E-state index >= 15 is 0 Å². The molecule has 7 heteroatoms. The van der Waals surface area contributed by atoms with Crippen molar-refractivity contribution in [1.29, 1.82) is 0 Å². The Bertz CT molecular complexity index is 936. The Balaban J connectivity index is 1.50. The van der Waals surface area contributed by atoms with Crippen molar-refractivity contribution in [2.75, 3.05) is 26.2 Å². The topological polar surface area (TPSA) is 72.5 Å². The van der Waals surface area contributed by atoms with E-state index in [2.05, 4.69) is 35.7 Å². The quantitative estimate of drug-likeness (QED) is 0.652. The Labute approximate surface area is 165 Å². The number of carboxylic acids is 1. The van der Waals surface area contributed by atoms with E-state index in [0.29, 0.717) is 13.1 Å². The molecular weight excluding hydrogens is 408 g/mol. The lowest BCUT2D eigenvalue weighted by atomic mass is 10.0. The van der Waals surface area contributed by atoms with Crippen molar-refractivity contribution in [1.82, 2.24) is 19.8 Å². The van der Waals surface area contributed by atoms with Crippen LogP contribution in [0.2, 0.25) is 0 Å². The van der Waals surface area contributed by atoms with Gasteiger partial charge in [0, 0.05) is 66.1 Å². The lowest BCUT2D eigenvalue weighted by Gasteiger charge is -2.37. The normalized spacial score (nSPS) is 17.2. The van der Waals surface area contributed by atoms with Gasteiger partial charge in [-0.3, -0.25) is 19.6 Å². The zero-order chi connectivity index (χ0) is 18.8. The zero-order valence-corrected chi connectivity index (χ0v) is 16.4. The Morgan fingerprint density at radius 3 is 2.74 bits per heavy atom. The van der Waals surface area contributed by atoms with Gasteiger partial charge in [0.25, 0.3) is 0 Å². The number of hydrogen-bond donors (Lipinski definition) is 2. The van der Waals surface area contributed by atoms with Crippen LogP contribution in [0.3, 0.4) is 0 Å². The number of benzene rings is 1. The van der Waals surface area contributed by atoms with E-state index in [0.717, 1.165) is 46.3 Å². The minimum absolute atomic E-state index is 0.648. The van der Waals surface area contributed by atoms with Crippen LogP contribution in [-0.2, 0) is 11.3 Å². The Hall–Kier alpha value is -2.22. The first-order valence-corrected chi connectivity index (χ1v) is 9.77. The molecule has 4 rings (SSSR count). The van der Waals surface area contributed by atoms with Gasteiger partial charge in [0.05, 0.1) is 5.69 Å². The molecule has 1 fully saturated rings. The number of aliphatic carboxylic acids is 1. The van der Waals surface area contributed by atoms with E-state index in [1.54, 1.807) is 6.20 Å². The highest BCUT2D eigenvalue weighted by atomic mass is 79.9. The molecule has 0 saturated carbocycles. The molecule has 0 bridgehead atoms. The molecule has 1 atom stereocenters. The Kier molecular flexibility index (Phi) is 5.24. The zero-order valence-electron chi connectivity index (χ0n) is 14.8. The molecule has 2 aromatic heterocycles. The molecule has 1 aromatic carbocycles. The first-order chi connectivity index (χ1) is 13.1. The number of aromatic amines is 1. The van der Waals surface area contributed by atoms with Gasteiger partial charge in [-0.15, -0.1) is 0 Å². The van der Waals surface area contributed by atoms with Crippen LogP contribution in [0.1, 0.15) is 17.3 Å². The van der Waals surface area contributed by atoms with Crippen molar-refractivity contribution in [3.8, 4) is 0 Å². The summed E-state index contributed by atoms with van der Waals surface area (Å²) in [6.07, 6.45) is 3.64. The predicted octanol–water partition coefficient (Wildman–Crippen LogP) is 3.27. The highest BCUT2D eigenvalue weighted by molar-refractivity contribution is 9.10. The summed E-state index contributed by atoms with van der Waals surface area (Å²) >= 11 is 3.49. The number of nitrogens with one attached hydrogen (secondary N) is 1. The lowest BCUT2D eigenvalue weighted by molar-refractivity contribution is -0.144. The molecule has 140 valence electrons. The van der Waals surface area contributed by atoms with Crippen LogP contribution >= 0.6 is 15.9 Å². The average molecular weight is 429 g/mol. The number of carboxylic acid groups (broad SMARTS) is 1. The van der Waals surface area contributed by atoms with Crippen molar-refractivity contribution in [2.24, 2.45) is 0 Å². The average Bonchev–Trinajstić information content (AvgIpc) is 3.07. The maximum absolute atomic E-state index is 12.1. The molecule has 2 N–H and O–H groups in total. The summed E-state index contributed by atoms with van der Waals surface area (Å²) in [6, 6.07) is 11.2. The smallest absolute Gasteiger partial charge is 0.325 e. The molecule has 0 unspecified atom stereocenters. The number of halogens is 1. The molecular formula is C20H21BrN4O2.